The van der Waals surface area contributed by atoms with Gasteiger partial charge in [0.1, 0.15) is 29.2 Å². The highest BCUT2D eigenvalue weighted by Gasteiger charge is 2.57. The van der Waals surface area contributed by atoms with Crippen LogP contribution in [0.15, 0.2) is 36.4 Å². The van der Waals surface area contributed by atoms with Gasteiger partial charge < -0.3 is 39.4 Å². The van der Waals surface area contributed by atoms with Crippen LogP contribution in [0.3, 0.4) is 0 Å². The van der Waals surface area contributed by atoms with Gasteiger partial charge in [-0.25, -0.2) is 22.7 Å². The quantitative estimate of drug-likeness (QED) is 0.148. The number of ether oxygens (including phenoxy) is 4. The predicted molar refractivity (Wildman–Crippen MR) is 148 cm³/mol. The fraction of sp³-hybridized carbons (Fsp3) is 0.444. The summed E-state index contributed by atoms with van der Waals surface area (Å²) in [5.41, 5.74) is -1.57. The zero-order valence-corrected chi connectivity index (χ0v) is 25.0. The summed E-state index contributed by atoms with van der Waals surface area (Å²) in [7, 11) is -4.92. The molecule has 3 saturated carbocycles. The van der Waals surface area contributed by atoms with E-state index < -0.39 is 74.6 Å². The van der Waals surface area contributed by atoms with Crippen molar-refractivity contribution in [3.8, 4) is 11.5 Å². The molecule has 1 atom stereocenters. The normalized spacial score (nSPS) is 22.5. The third-order valence-corrected chi connectivity index (χ3v) is 8.24. The van der Waals surface area contributed by atoms with Crippen molar-refractivity contribution >= 4 is 37.4 Å². The molecule has 0 heterocycles. The number of aryl methyl sites for hydroxylation is 1. The fourth-order valence-corrected chi connectivity index (χ4v) is 5.56. The van der Waals surface area contributed by atoms with E-state index in [-0.39, 0.29) is 35.8 Å². The Labute approximate surface area is 255 Å². The molecule has 2 bridgehead atoms. The van der Waals surface area contributed by atoms with E-state index in [2.05, 4.69) is 19.9 Å². The van der Waals surface area contributed by atoms with Crippen molar-refractivity contribution in [2.45, 2.75) is 56.2 Å². The molecule has 0 unspecified atom stereocenters. The van der Waals surface area contributed by atoms with Crippen LogP contribution in [0.25, 0.3) is 0 Å². The summed E-state index contributed by atoms with van der Waals surface area (Å²) < 4.78 is 63.4. The Bertz CT molecular complexity index is 1450. The molecule has 4 N–H and O–H groups in total. The maximum atomic E-state index is 13.9. The third-order valence-electron chi connectivity index (χ3n) is 7.50. The second-order valence-electron chi connectivity index (χ2n) is 10.5. The monoisotopic (exact) mass is 662 g/mol. The van der Waals surface area contributed by atoms with E-state index in [1.54, 1.807) is 6.92 Å². The Balaban J connectivity index is 1.41. The smallest absolute Gasteiger partial charge is 0.484 e. The molecular formula is C27H30ClF2N2O11P. The van der Waals surface area contributed by atoms with Crippen molar-refractivity contribution < 1.29 is 61.0 Å². The summed E-state index contributed by atoms with van der Waals surface area (Å²) in [5, 5.41) is 5.64. The summed E-state index contributed by atoms with van der Waals surface area (Å²) in [6.45, 7) is -0.436. The van der Waals surface area contributed by atoms with Crippen molar-refractivity contribution in [3.63, 3.8) is 0 Å². The summed E-state index contributed by atoms with van der Waals surface area (Å²) in [4.78, 5) is 55.8. The van der Waals surface area contributed by atoms with Crippen LogP contribution in [0.4, 0.5) is 13.6 Å². The van der Waals surface area contributed by atoms with Gasteiger partial charge in [0.05, 0.1) is 10.6 Å². The second-order valence-corrected chi connectivity index (χ2v) is 12.2. The van der Waals surface area contributed by atoms with Gasteiger partial charge in [0.15, 0.2) is 13.2 Å². The number of phosphoric acid groups is 1. The number of hydrogen-bond donors (Lipinski definition) is 4. The lowest BCUT2D eigenvalue weighted by molar-refractivity contribution is -0.140. The maximum absolute atomic E-state index is 13.9. The highest BCUT2D eigenvalue weighted by molar-refractivity contribution is 7.46. The number of phosphoric ester groups is 1. The van der Waals surface area contributed by atoms with Crippen LogP contribution in [0.2, 0.25) is 5.02 Å². The predicted octanol–water partition coefficient (Wildman–Crippen LogP) is 3.66. The Kier molecular flexibility index (Phi) is 10.4. The van der Waals surface area contributed by atoms with Crippen molar-refractivity contribution in [3.05, 3.63) is 58.6 Å². The topological polar surface area (TPSA) is 179 Å². The average Bonchev–Trinajstić information content (AvgIpc) is 2.94. The number of rotatable bonds is 12. The first kappa shape index (κ1) is 33.4. The molecule has 3 aliphatic carbocycles. The van der Waals surface area contributed by atoms with Gasteiger partial charge >= 0.3 is 14.0 Å². The minimum absolute atomic E-state index is 0.0348. The van der Waals surface area contributed by atoms with E-state index in [1.165, 1.54) is 24.3 Å². The van der Waals surface area contributed by atoms with Gasteiger partial charge in [-0.2, -0.15) is 0 Å². The molecule has 0 radical (unpaired) electrons. The van der Waals surface area contributed by atoms with E-state index in [0.717, 1.165) is 12.1 Å². The van der Waals surface area contributed by atoms with Gasteiger partial charge in [0, 0.05) is 24.1 Å². The van der Waals surface area contributed by atoms with E-state index in [4.69, 9.17) is 35.6 Å². The molecule has 3 fully saturated rings. The molecule has 240 valence electrons. The lowest BCUT2D eigenvalue weighted by atomic mass is 9.59. The number of nitrogens with one attached hydrogen (secondary N) is 2. The Morgan fingerprint density at radius 1 is 0.955 bits per heavy atom. The largest absolute Gasteiger partial charge is 0.510 e. The molecule has 0 saturated heterocycles. The zero-order chi connectivity index (χ0) is 32.1. The Morgan fingerprint density at radius 2 is 1.55 bits per heavy atom. The van der Waals surface area contributed by atoms with Crippen LogP contribution in [0.5, 0.6) is 11.5 Å². The van der Waals surface area contributed by atoms with E-state index in [1.807, 2.05) is 0 Å². The number of benzene rings is 2. The first-order chi connectivity index (χ1) is 20.7. The summed E-state index contributed by atoms with van der Waals surface area (Å²) in [6.07, 6.45) is -1.11. The molecule has 17 heteroatoms. The lowest BCUT2D eigenvalue weighted by Gasteiger charge is -2.56. The number of carbonyl (C=O) groups is 3. The minimum atomic E-state index is -4.92. The molecular weight excluding hydrogens is 633 g/mol. The van der Waals surface area contributed by atoms with Crippen LogP contribution in [0.1, 0.15) is 37.7 Å². The summed E-state index contributed by atoms with van der Waals surface area (Å²) in [6, 6.07) is 7.89. The molecule has 44 heavy (non-hydrogen) atoms. The van der Waals surface area contributed by atoms with E-state index in [9.17, 15) is 27.7 Å². The van der Waals surface area contributed by atoms with Gasteiger partial charge in [-0.05, 0) is 56.4 Å². The Morgan fingerprint density at radius 3 is 2.14 bits per heavy atom. The summed E-state index contributed by atoms with van der Waals surface area (Å²) >= 11 is 5.67. The third kappa shape index (κ3) is 8.79. The van der Waals surface area contributed by atoms with Crippen molar-refractivity contribution in [2.24, 2.45) is 0 Å². The molecule has 3 aliphatic rings. The van der Waals surface area contributed by atoms with Crippen LogP contribution in [-0.2, 0) is 28.2 Å². The number of carbonyl (C=O) groups excluding carboxylic acids is 3. The van der Waals surface area contributed by atoms with Crippen LogP contribution < -0.4 is 20.1 Å². The molecule has 0 aliphatic heterocycles. The second kappa shape index (κ2) is 13.7. The molecule has 2 aromatic rings. The standard InChI is InChI=1S/C27H30ClF2N2O11P/c1-16-2-3-17(10-20(16)29)40-14-24(34)32-27-8-6-26(7-9-27,12-22(27)43-25(35)41-15-42-44(36,37)38)31-23(33)13-39-18-4-5-19(28)21(30)11-18/h2-5,10-11,22H,6-9,12-15H2,1H3,(H,31,33)(H,32,34)(H2,36,37,38)/t22-,26?,27?/m0/s1. The molecule has 5 rings (SSSR count). The molecule has 0 aromatic heterocycles. The maximum Gasteiger partial charge on any atom is 0.510 e. The van der Waals surface area contributed by atoms with Crippen molar-refractivity contribution in [1.29, 1.82) is 0 Å². The van der Waals surface area contributed by atoms with Gasteiger partial charge in [-0.1, -0.05) is 17.7 Å². The van der Waals surface area contributed by atoms with E-state index >= 15 is 0 Å². The molecule has 2 aromatic carbocycles. The highest BCUT2D eigenvalue weighted by atomic mass is 35.5. The van der Waals surface area contributed by atoms with Crippen molar-refractivity contribution in [1.82, 2.24) is 10.6 Å². The fourth-order valence-electron chi connectivity index (χ4n) is 5.25. The molecule has 0 spiro atoms. The number of amides is 2. The highest BCUT2D eigenvalue weighted by Crippen LogP contribution is 2.48. The Hall–Kier alpha value is -3.49. The van der Waals surface area contributed by atoms with Crippen molar-refractivity contribution in [2.75, 3.05) is 20.0 Å². The molecule has 2 amide bonds. The first-order valence-corrected chi connectivity index (χ1v) is 15.2. The molecule has 13 nitrogen and oxygen atoms in total. The van der Waals surface area contributed by atoms with Gasteiger partial charge in [0.2, 0.25) is 6.79 Å². The minimum Gasteiger partial charge on any atom is -0.484 e. The zero-order valence-electron chi connectivity index (χ0n) is 23.3. The van der Waals surface area contributed by atoms with Crippen LogP contribution >= 0.6 is 19.4 Å². The number of halogens is 3. The summed E-state index contributed by atoms with van der Waals surface area (Å²) in [5.74, 6) is -2.10. The van der Waals surface area contributed by atoms with Gasteiger partial charge in [-0.3, -0.25) is 9.59 Å². The number of fused-ring (bicyclic) bond motifs is 3. The lowest BCUT2D eigenvalue weighted by Crippen LogP contribution is -2.71. The average molecular weight is 663 g/mol. The van der Waals surface area contributed by atoms with Gasteiger partial charge in [0.25, 0.3) is 11.8 Å². The van der Waals surface area contributed by atoms with Crippen LogP contribution in [0, 0.1) is 18.6 Å². The SMILES string of the molecule is Cc1ccc(OCC(=O)NC23CCC(NC(=O)COc4ccc(Cl)c(F)c4)(CC2)C[C@@H]3OC(=O)OCOP(=O)(O)O)cc1F. The number of hydrogen-bond acceptors (Lipinski definition) is 9. The first-order valence-electron chi connectivity index (χ1n) is 13.3. The van der Waals surface area contributed by atoms with E-state index in [0.29, 0.717) is 18.4 Å². The van der Waals surface area contributed by atoms with Crippen LogP contribution in [-0.4, -0.2) is 64.9 Å². The van der Waals surface area contributed by atoms with Gasteiger partial charge in [-0.15, -0.1) is 0 Å².